The van der Waals surface area contributed by atoms with E-state index in [1.54, 1.807) is 0 Å². The second-order valence-corrected chi connectivity index (χ2v) is 7.67. The number of ketones is 2. The van der Waals surface area contributed by atoms with Crippen LogP contribution in [0.25, 0.3) is 5.69 Å². The Morgan fingerprint density at radius 1 is 0.909 bits per heavy atom. The third kappa shape index (κ3) is 8.33. The number of para-hydroxylation sites is 1. The number of benzene rings is 2. The maximum absolute atomic E-state index is 12.5. The Morgan fingerprint density at radius 3 is 2.09 bits per heavy atom. The molecule has 0 amide bonds. The van der Waals surface area contributed by atoms with E-state index < -0.39 is 11.7 Å². The number of Topliss-reactive ketones (excluding diaryl/α,β-unsaturated/α-hetero) is 2. The minimum absolute atomic E-state index is 0.00143. The Bertz CT molecular complexity index is 1070. The highest BCUT2D eigenvalue weighted by atomic mass is 32.1. The molecule has 2 aromatic carbocycles. The minimum atomic E-state index is -4.45. The van der Waals surface area contributed by atoms with Gasteiger partial charge in [-0.1, -0.05) is 18.2 Å². The lowest BCUT2D eigenvalue weighted by atomic mass is 10.1. The summed E-state index contributed by atoms with van der Waals surface area (Å²) in [4.78, 5) is 22.6. The van der Waals surface area contributed by atoms with Gasteiger partial charge in [0.15, 0.2) is 0 Å². The summed E-state index contributed by atoms with van der Waals surface area (Å²) in [5.74, 6) is 0.276. The van der Waals surface area contributed by atoms with E-state index in [1.807, 2.05) is 53.4 Å². The van der Waals surface area contributed by atoms with Crippen molar-refractivity contribution in [1.82, 2.24) is 4.57 Å². The van der Waals surface area contributed by atoms with Gasteiger partial charge in [-0.15, -0.1) is 0 Å². The molecule has 4 nitrogen and oxygen atoms in total. The van der Waals surface area contributed by atoms with Crippen molar-refractivity contribution in [3.8, 4) is 11.4 Å². The van der Waals surface area contributed by atoms with E-state index in [0.29, 0.717) is 12.2 Å². The van der Waals surface area contributed by atoms with Crippen LogP contribution in [0.1, 0.15) is 16.7 Å². The van der Waals surface area contributed by atoms with Crippen LogP contribution in [0.3, 0.4) is 0 Å². The molecular weight excluding hydrogens is 471 g/mol. The summed E-state index contributed by atoms with van der Waals surface area (Å²) in [7, 11) is 1.28. The van der Waals surface area contributed by atoms with Gasteiger partial charge in [-0.3, -0.25) is 9.59 Å². The van der Waals surface area contributed by atoms with Crippen LogP contribution >= 0.6 is 25.3 Å². The van der Waals surface area contributed by atoms with E-state index in [4.69, 9.17) is 4.74 Å². The second kappa shape index (κ2) is 12.6. The van der Waals surface area contributed by atoms with Crippen LogP contribution in [0.4, 0.5) is 13.2 Å². The number of hydrogen-bond acceptors (Lipinski definition) is 5. The van der Waals surface area contributed by atoms with Gasteiger partial charge in [-0.2, -0.15) is 38.4 Å². The number of aromatic nitrogens is 1. The fourth-order valence-corrected chi connectivity index (χ4v) is 3.23. The van der Waals surface area contributed by atoms with E-state index in [1.165, 1.54) is 13.2 Å². The summed E-state index contributed by atoms with van der Waals surface area (Å²) in [5, 5.41) is 0. The number of thiol groups is 2. The first-order chi connectivity index (χ1) is 15.7. The van der Waals surface area contributed by atoms with Crippen molar-refractivity contribution in [2.24, 2.45) is 0 Å². The van der Waals surface area contributed by atoms with Gasteiger partial charge in [0.1, 0.15) is 17.3 Å². The highest BCUT2D eigenvalue weighted by Crippen LogP contribution is 2.32. The van der Waals surface area contributed by atoms with Crippen LogP contribution in [-0.4, -0.2) is 34.7 Å². The Balaban J connectivity index is 0.000000234. The molecule has 3 rings (SSSR count). The van der Waals surface area contributed by atoms with Gasteiger partial charge in [-0.05, 0) is 47.5 Å². The third-order valence-electron chi connectivity index (χ3n) is 4.55. The number of methoxy groups -OCH3 is 1. The molecule has 3 aromatic rings. The third-order valence-corrected chi connectivity index (χ3v) is 5.25. The zero-order valence-electron chi connectivity index (χ0n) is 17.9. The summed E-state index contributed by atoms with van der Waals surface area (Å²) in [6.07, 6.45) is -0.136. The molecule has 1 heterocycles. The van der Waals surface area contributed by atoms with Gasteiger partial charge < -0.3 is 9.30 Å². The van der Waals surface area contributed by atoms with Crippen LogP contribution in [-0.2, 0) is 28.6 Å². The molecule has 0 fully saturated rings. The van der Waals surface area contributed by atoms with Crippen molar-refractivity contribution in [1.29, 1.82) is 0 Å². The van der Waals surface area contributed by atoms with Gasteiger partial charge in [0.25, 0.3) is 0 Å². The molecule has 0 aliphatic carbocycles. The Kier molecular flexibility index (Phi) is 10.1. The molecule has 33 heavy (non-hydrogen) atoms. The highest BCUT2D eigenvalue weighted by molar-refractivity contribution is 7.81. The summed E-state index contributed by atoms with van der Waals surface area (Å²) in [6.45, 7) is 0. The van der Waals surface area contributed by atoms with Gasteiger partial charge in [0, 0.05) is 42.4 Å². The van der Waals surface area contributed by atoms with E-state index >= 15 is 0 Å². The topological polar surface area (TPSA) is 48.3 Å². The molecule has 0 N–H and O–H groups in total. The normalized spacial score (nSPS) is 10.8. The van der Waals surface area contributed by atoms with Crippen LogP contribution in [0, 0.1) is 0 Å². The van der Waals surface area contributed by atoms with E-state index in [9.17, 15) is 22.8 Å². The van der Waals surface area contributed by atoms with E-state index in [0.717, 1.165) is 23.4 Å². The number of hydrogen-bond donors (Lipinski definition) is 2. The zero-order valence-corrected chi connectivity index (χ0v) is 19.7. The summed E-state index contributed by atoms with van der Waals surface area (Å²) < 4.78 is 44.4. The van der Waals surface area contributed by atoms with Gasteiger partial charge in [0.2, 0.25) is 0 Å². The van der Waals surface area contributed by atoms with Crippen LogP contribution in [0.15, 0.2) is 67.0 Å². The van der Waals surface area contributed by atoms with Crippen molar-refractivity contribution in [3.63, 3.8) is 0 Å². The highest BCUT2D eigenvalue weighted by Gasteiger charge is 2.31. The monoisotopic (exact) mass is 495 g/mol. The molecule has 176 valence electrons. The molecule has 9 heteroatoms. The summed E-state index contributed by atoms with van der Waals surface area (Å²) in [5.41, 5.74) is 1.55. The molecule has 0 saturated carbocycles. The fourth-order valence-electron chi connectivity index (χ4n) is 3.00. The van der Waals surface area contributed by atoms with Gasteiger partial charge in [0.05, 0.1) is 12.7 Å². The first kappa shape index (κ1) is 26.6. The first-order valence-electron chi connectivity index (χ1n) is 9.89. The van der Waals surface area contributed by atoms with Crippen molar-refractivity contribution < 1.29 is 27.5 Å². The minimum Gasteiger partial charge on any atom is -0.497 e. The maximum Gasteiger partial charge on any atom is 0.416 e. The van der Waals surface area contributed by atoms with Crippen LogP contribution in [0.5, 0.6) is 5.75 Å². The SMILES string of the molecule is COc1cc(CC(=O)CS)cc(C(F)(F)F)c1.O=C(CS)Cc1ccccc1-n1cccc1. The molecule has 0 saturated heterocycles. The molecule has 0 aliphatic rings. The predicted molar refractivity (Wildman–Crippen MR) is 129 cm³/mol. The number of alkyl halides is 3. The largest absolute Gasteiger partial charge is 0.497 e. The summed E-state index contributed by atoms with van der Waals surface area (Å²) in [6, 6.07) is 15.1. The average molecular weight is 496 g/mol. The molecule has 1 aromatic heterocycles. The van der Waals surface area contributed by atoms with Crippen molar-refractivity contribution in [3.05, 3.63) is 83.7 Å². The van der Waals surface area contributed by atoms with Crippen LogP contribution in [0.2, 0.25) is 0 Å². The van der Waals surface area contributed by atoms with Gasteiger partial charge in [-0.25, -0.2) is 0 Å². The lowest BCUT2D eigenvalue weighted by molar-refractivity contribution is -0.137. The zero-order chi connectivity index (χ0) is 24.4. The second-order valence-electron chi connectivity index (χ2n) is 7.03. The lowest BCUT2D eigenvalue weighted by Crippen LogP contribution is -2.09. The average Bonchev–Trinajstić information content (AvgIpc) is 3.33. The van der Waals surface area contributed by atoms with E-state index in [2.05, 4.69) is 25.3 Å². The molecular formula is C24H24F3NO3S2. The molecule has 0 radical (unpaired) electrons. The molecule has 0 atom stereocenters. The standard InChI is InChI=1S/C13H13NOS.C11H11F3O2S/c15-12(10-16)9-11-5-1-2-6-13(11)14-7-3-4-8-14;1-16-10-4-7(3-9(15)6-17)2-8(5-10)11(12,13)14/h1-8,16H,9-10H2;2,4-5,17H,3,6H2,1H3. The Hall–Kier alpha value is -2.65. The number of rotatable bonds is 8. The number of carbonyl (C=O) groups excluding carboxylic acids is 2. The quantitative estimate of drug-likeness (QED) is 0.419. The number of halogens is 3. The fraction of sp³-hybridized carbons (Fsp3) is 0.250. The van der Waals surface area contributed by atoms with Crippen LogP contribution < -0.4 is 4.74 Å². The Morgan fingerprint density at radius 2 is 1.52 bits per heavy atom. The number of ether oxygens (including phenoxy) is 1. The van der Waals surface area contributed by atoms with Crippen molar-refractivity contribution in [2.75, 3.05) is 18.6 Å². The predicted octanol–water partition coefficient (Wildman–Crippen LogP) is 5.27. The van der Waals surface area contributed by atoms with Crippen molar-refractivity contribution in [2.45, 2.75) is 19.0 Å². The molecule has 0 bridgehead atoms. The molecule has 0 aliphatic heterocycles. The summed E-state index contributed by atoms with van der Waals surface area (Å²) >= 11 is 7.77. The van der Waals surface area contributed by atoms with E-state index in [-0.39, 0.29) is 35.1 Å². The maximum atomic E-state index is 12.5. The Labute approximate surface area is 201 Å². The van der Waals surface area contributed by atoms with Crippen molar-refractivity contribution >= 4 is 36.8 Å². The smallest absolute Gasteiger partial charge is 0.416 e. The molecule has 0 unspecified atom stereocenters. The molecule has 0 spiro atoms. The number of nitrogens with zero attached hydrogens (tertiary/aromatic N) is 1. The van der Waals surface area contributed by atoms with Gasteiger partial charge >= 0.3 is 6.18 Å². The number of carbonyl (C=O) groups is 2. The lowest BCUT2D eigenvalue weighted by Gasteiger charge is -2.11. The first-order valence-corrected chi connectivity index (χ1v) is 11.2.